The minimum absolute atomic E-state index is 0.626. The molecule has 0 amide bonds. The second-order valence-corrected chi connectivity index (χ2v) is 3.48. The van der Waals surface area contributed by atoms with Gasteiger partial charge in [-0.15, -0.1) is 0 Å². The highest BCUT2D eigenvalue weighted by atomic mass is 15.1. The lowest BCUT2D eigenvalue weighted by atomic mass is 10.1. The van der Waals surface area contributed by atoms with Crippen LogP contribution in [0.5, 0.6) is 0 Å². The summed E-state index contributed by atoms with van der Waals surface area (Å²) in [6.45, 7) is 7.18. The summed E-state index contributed by atoms with van der Waals surface area (Å²) in [5.41, 5.74) is 5.69. The third kappa shape index (κ3) is 2.65. The molecule has 0 bridgehead atoms. The molecule has 4 N–H and O–H groups in total. The number of H-pyrrole nitrogens is 1. The topological polar surface area (TPSA) is 66.7 Å². The molecule has 74 valence electrons. The lowest BCUT2D eigenvalue weighted by molar-refractivity contribution is 0.593. The summed E-state index contributed by atoms with van der Waals surface area (Å²) in [6, 6.07) is 0. The van der Waals surface area contributed by atoms with E-state index < -0.39 is 0 Å². The van der Waals surface area contributed by atoms with Crippen molar-refractivity contribution in [3.63, 3.8) is 0 Å². The first-order valence-electron chi connectivity index (χ1n) is 4.69. The van der Waals surface area contributed by atoms with E-state index in [0.717, 1.165) is 24.6 Å². The van der Waals surface area contributed by atoms with Crippen LogP contribution in [0.1, 0.15) is 26.1 Å². The minimum Gasteiger partial charge on any atom is -0.382 e. The van der Waals surface area contributed by atoms with Gasteiger partial charge in [-0.1, -0.05) is 20.3 Å². The number of nitrogens with one attached hydrogen (secondary N) is 2. The number of aromatic amines is 1. The zero-order valence-corrected chi connectivity index (χ0v) is 8.52. The maximum Gasteiger partial charge on any atom is 0.168 e. The van der Waals surface area contributed by atoms with E-state index in [4.69, 9.17) is 5.73 Å². The minimum atomic E-state index is 0.626. The van der Waals surface area contributed by atoms with Gasteiger partial charge in [0.2, 0.25) is 0 Å². The zero-order chi connectivity index (χ0) is 9.84. The van der Waals surface area contributed by atoms with E-state index >= 15 is 0 Å². The van der Waals surface area contributed by atoms with Crippen molar-refractivity contribution in [2.24, 2.45) is 5.92 Å². The van der Waals surface area contributed by atoms with Crippen molar-refractivity contribution in [1.29, 1.82) is 0 Å². The Morgan fingerprint density at radius 1 is 1.62 bits per heavy atom. The second kappa shape index (κ2) is 4.16. The Hall–Kier alpha value is -1.19. The van der Waals surface area contributed by atoms with Crippen molar-refractivity contribution in [2.75, 3.05) is 17.6 Å². The first kappa shape index (κ1) is 9.89. The van der Waals surface area contributed by atoms with Crippen LogP contribution in [-0.2, 0) is 0 Å². The normalized spacial score (nSPS) is 12.8. The van der Waals surface area contributed by atoms with Crippen LogP contribution in [0.25, 0.3) is 0 Å². The molecule has 0 aliphatic heterocycles. The second-order valence-electron chi connectivity index (χ2n) is 3.48. The number of hydrogen-bond acceptors (Lipinski definition) is 3. The molecule has 0 saturated heterocycles. The molecule has 0 radical (unpaired) electrons. The summed E-state index contributed by atoms with van der Waals surface area (Å²) >= 11 is 0. The summed E-state index contributed by atoms with van der Waals surface area (Å²) in [5, 5.41) is 3.22. The van der Waals surface area contributed by atoms with Gasteiger partial charge in [-0.3, -0.25) is 0 Å². The van der Waals surface area contributed by atoms with Crippen LogP contribution in [-0.4, -0.2) is 16.5 Å². The van der Waals surface area contributed by atoms with Gasteiger partial charge >= 0.3 is 0 Å². The number of nitrogens with two attached hydrogens (primary N) is 1. The number of nitrogen functional groups attached to an aromatic ring is 1. The van der Waals surface area contributed by atoms with Gasteiger partial charge < -0.3 is 16.0 Å². The Labute approximate surface area is 78.9 Å². The first-order chi connectivity index (χ1) is 6.13. The molecule has 0 spiro atoms. The van der Waals surface area contributed by atoms with E-state index in [9.17, 15) is 0 Å². The Morgan fingerprint density at radius 2 is 2.31 bits per heavy atom. The van der Waals surface area contributed by atoms with Crippen LogP contribution < -0.4 is 11.1 Å². The number of imidazole rings is 1. The number of hydrogen-bond donors (Lipinski definition) is 3. The van der Waals surface area contributed by atoms with Gasteiger partial charge in [0, 0.05) is 6.54 Å². The quantitative estimate of drug-likeness (QED) is 0.664. The Morgan fingerprint density at radius 3 is 2.77 bits per heavy atom. The van der Waals surface area contributed by atoms with E-state index in [1.807, 2.05) is 6.92 Å². The Kier molecular flexibility index (Phi) is 3.17. The number of nitrogens with zero attached hydrogens (tertiary/aromatic N) is 1. The molecule has 0 aliphatic carbocycles. The van der Waals surface area contributed by atoms with Gasteiger partial charge in [0.1, 0.15) is 11.6 Å². The molecule has 1 heterocycles. The van der Waals surface area contributed by atoms with Gasteiger partial charge in [0.05, 0.1) is 0 Å². The maximum atomic E-state index is 5.69. The molecule has 1 atom stereocenters. The van der Waals surface area contributed by atoms with Gasteiger partial charge in [-0.25, -0.2) is 4.98 Å². The predicted octanol–water partition coefficient (Wildman–Crippen LogP) is 1.76. The Balaban J connectivity index is 2.49. The van der Waals surface area contributed by atoms with Crippen molar-refractivity contribution < 1.29 is 0 Å². The van der Waals surface area contributed by atoms with Gasteiger partial charge in [0.15, 0.2) is 5.82 Å². The molecule has 1 unspecified atom stereocenters. The van der Waals surface area contributed by atoms with Crippen LogP contribution in [0.4, 0.5) is 11.6 Å². The van der Waals surface area contributed by atoms with E-state index in [-0.39, 0.29) is 0 Å². The van der Waals surface area contributed by atoms with Gasteiger partial charge in [-0.05, 0) is 12.8 Å². The number of aromatic nitrogens is 2. The van der Waals surface area contributed by atoms with Crippen LogP contribution in [0.15, 0.2) is 0 Å². The lowest BCUT2D eigenvalue weighted by Gasteiger charge is -2.09. The molecule has 4 nitrogen and oxygen atoms in total. The third-order valence-corrected chi connectivity index (χ3v) is 2.17. The first-order valence-corrected chi connectivity index (χ1v) is 4.69. The van der Waals surface area contributed by atoms with Crippen molar-refractivity contribution in [1.82, 2.24) is 9.97 Å². The molecule has 1 aromatic rings. The van der Waals surface area contributed by atoms with Crippen LogP contribution >= 0.6 is 0 Å². The molecule has 13 heavy (non-hydrogen) atoms. The standard InChI is InChI=1S/C9H18N4/c1-4-6(2)5-11-9-8(10)12-7(3)13-9/h6,11H,4-5,10H2,1-3H3,(H,12,13). The zero-order valence-electron chi connectivity index (χ0n) is 8.52. The monoisotopic (exact) mass is 182 g/mol. The third-order valence-electron chi connectivity index (χ3n) is 2.17. The number of rotatable bonds is 4. The SMILES string of the molecule is CCC(C)CNc1nc(C)[nH]c1N. The summed E-state index contributed by atoms with van der Waals surface area (Å²) in [5.74, 6) is 2.90. The fourth-order valence-electron chi connectivity index (χ4n) is 1.06. The van der Waals surface area contributed by atoms with Crippen molar-refractivity contribution in [3.8, 4) is 0 Å². The average molecular weight is 182 g/mol. The molecular formula is C9H18N4. The van der Waals surface area contributed by atoms with E-state index in [1.54, 1.807) is 0 Å². The van der Waals surface area contributed by atoms with E-state index in [2.05, 4.69) is 29.1 Å². The van der Waals surface area contributed by atoms with Crippen LogP contribution in [0.2, 0.25) is 0 Å². The molecule has 0 saturated carbocycles. The molecule has 0 aromatic carbocycles. The van der Waals surface area contributed by atoms with Crippen molar-refractivity contribution in [2.45, 2.75) is 27.2 Å². The highest BCUT2D eigenvalue weighted by Crippen LogP contribution is 2.14. The van der Waals surface area contributed by atoms with Crippen molar-refractivity contribution in [3.05, 3.63) is 5.82 Å². The molecule has 1 rings (SSSR count). The van der Waals surface area contributed by atoms with Crippen LogP contribution in [0, 0.1) is 12.8 Å². The maximum absolute atomic E-state index is 5.69. The highest BCUT2D eigenvalue weighted by molar-refractivity contribution is 5.56. The van der Waals surface area contributed by atoms with E-state index in [0.29, 0.717) is 11.7 Å². The average Bonchev–Trinajstić information content (AvgIpc) is 2.41. The summed E-state index contributed by atoms with van der Waals surface area (Å²) in [6.07, 6.45) is 1.16. The molecule has 1 aromatic heterocycles. The van der Waals surface area contributed by atoms with E-state index in [1.165, 1.54) is 0 Å². The van der Waals surface area contributed by atoms with Gasteiger partial charge in [-0.2, -0.15) is 0 Å². The van der Waals surface area contributed by atoms with Gasteiger partial charge in [0.25, 0.3) is 0 Å². The fourth-order valence-corrected chi connectivity index (χ4v) is 1.06. The number of aryl methyl sites for hydroxylation is 1. The molecule has 0 fully saturated rings. The molecule has 4 heteroatoms. The fraction of sp³-hybridized carbons (Fsp3) is 0.667. The number of anilines is 2. The summed E-state index contributed by atoms with van der Waals surface area (Å²) in [7, 11) is 0. The summed E-state index contributed by atoms with van der Waals surface area (Å²) < 4.78 is 0. The smallest absolute Gasteiger partial charge is 0.168 e. The summed E-state index contributed by atoms with van der Waals surface area (Å²) in [4.78, 5) is 7.18. The largest absolute Gasteiger partial charge is 0.382 e. The molecular weight excluding hydrogens is 164 g/mol. The predicted molar refractivity (Wildman–Crippen MR) is 55.7 cm³/mol. The Bertz CT molecular complexity index is 267. The van der Waals surface area contributed by atoms with Crippen LogP contribution in [0.3, 0.4) is 0 Å². The van der Waals surface area contributed by atoms with Crippen molar-refractivity contribution >= 4 is 11.6 Å². The highest BCUT2D eigenvalue weighted by Gasteiger charge is 2.05. The molecule has 0 aliphatic rings. The lowest BCUT2D eigenvalue weighted by Crippen LogP contribution is -2.11.